The van der Waals surface area contributed by atoms with E-state index in [0.29, 0.717) is 19.3 Å². The quantitative estimate of drug-likeness (QED) is 0.0261. The Labute approximate surface area is 470 Å². The second kappa shape index (κ2) is 63.6. The molecule has 434 valence electrons. The van der Waals surface area contributed by atoms with Gasteiger partial charge in [-0.2, -0.15) is 0 Å². The van der Waals surface area contributed by atoms with Gasteiger partial charge >= 0.3 is 17.9 Å². The van der Waals surface area contributed by atoms with E-state index in [2.05, 4.69) is 130 Å². The van der Waals surface area contributed by atoms with E-state index in [0.717, 1.165) is 135 Å². The van der Waals surface area contributed by atoms with Crippen molar-refractivity contribution in [2.75, 3.05) is 13.2 Å². The van der Waals surface area contributed by atoms with Crippen LogP contribution in [0.3, 0.4) is 0 Å². The van der Waals surface area contributed by atoms with E-state index in [-0.39, 0.29) is 31.1 Å². The van der Waals surface area contributed by atoms with Gasteiger partial charge in [0.1, 0.15) is 13.2 Å². The van der Waals surface area contributed by atoms with Crippen molar-refractivity contribution in [3.05, 3.63) is 109 Å². The van der Waals surface area contributed by atoms with Crippen molar-refractivity contribution in [1.29, 1.82) is 0 Å². The first-order valence-electron chi connectivity index (χ1n) is 31.9. The van der Waals surface area contributed by atoms with Gasteiger partial charge in [-0.05, 0) is 103 Å². The highest BCUT2D eigenvalue weighted by Gasteiger charge is 2.19. The summed E-state index contributed by atoms with van der Waals surface area (Å²) in [6.07, 6.45) is 86.7. The van der Waals surface area contributed by atoms with Crippen molar-refractivity contribution in [3.8, 4) is 0 Å². The van der Waals surface area contributed by atoms with Gasteiger partial charge in [0.2, 0.25) is 0 Å². The first-order valence-corrected chi connectivity index (χ1v) is 31.9. The molecule has 0 aromatic heterocycles. The maximum Gasteiger partial charge on any atom is 0.306 e. The van der Waals surface area contributed by atoms with Gasteiger partial charge in [-0.25, -0.2) is 0 Å². The van der Waals surface area contributed by atoms with Crippen LogP contribution in [0, 0.1) is 0 Å². The average molecular weight is 1060 g/mol. The molecule has 0 bridgehead atoms. The minimum Gasteiger partial charge on any atom is -0.462 e. The van der Waals surface area contributed by atoms with Crippen molar-refractivity contribution >= 4 is 17.9 Å². The molecule has 0 aromatic carbocycles. The third-order valence-corrected chi connectivity index (χ3v) is 13.5. The van der Waals surface area contributed by atoms with Crippen LogP contribution in [0.1, 0.15) is 297 Å². The van der Waals surface area contributed by atoms with Gasteiger partial charge in [0.15, 0.2) is 6.10 Å². The van der Waals surface area contributed by atoms with Crippen LogP contribution >= 0.6 is 0 Å². The number of rotatable bonds is 57. The van der Waals surface area contributed by atoms with E-state index in [4.69, 9.17) is 14.2 Å². The van der Waals surface area contributed by atoms with Gasteiger partial charge in [-0.1, -0.05) is 284 Å². The first kappa shape index (κ1) is 72.1. The molecule has 0 fully saturated rings. The molecule has 0 radical (unpaired) electrons. The highest BCUT2D eigenvalue weighted by atomic mass is 16.6. The van der Waals surface area contributed by atoms with Crippen LogP contribution in [0.25, 0.3) is 0 Å². The summed E-state index contributed by atoms with van der Waals surface area (Å²) >= 11 is 0. The number of carbonyl (C=O) groups is 3. The van der Waals surface area contributed by atoms with Crippen molar-refractivity contribution < 1.29 is 28.6 Å². The molecule has 1 atom stereocenters. The first-order chi connectivity index (χ1) is 37.5. The van der Waals surface area contributed by atoms with E-state index < -0.39 is 6.10 Å². The van der Waals surface area contributed by atoms with Crippen LogP contribution in [0.5, 0.6) is 0 Å². The molecule has 0 heterocycles. The zero-order valence-electron chi connectivity index (χ0n) is 49.7. The Morgan fingerprint density at radius 3 is 0.829 bits per heavy atom. The number of allylic oxidation sites excluding steroid dienone is 18. The summed E-state index contributed by atoms with van der Waals surface area (Å²) in [7, 11) is 0. The molecule has 0 spiro atoms. The molecule has 6 heteroatoms. The second-order valence-corrected chi connectivity index (χ2v) is 20.9. The fraction of sp³-hybridized carbons (Fsp3) is 0.700. The molecule has 0 amide bonds. The zero-order chi connectivity index (χ0) is 55.0. The van der Waals surface area contributed by atoms with Crippen LogP contribution in [-0.2, 0) is 28.6 Å². The smallest absolute Gasteiger partial charge is 0.306 e. The molecule has 0 saturated carbocycles. The number of hydrogen-bond acceptors (Lipinski definition) is 6. The zero-order valence-corrected chi connectivity index (χ0v) is 49.7. The summed E-state index contributed by atoms with van der Waals surface area (Å²) in [6, 6.07) is 0. The third kappa shape index (κ3) is 60.9. The lowest BCUT2D eigenvalue weighted by Crippen LogP contribution is -2.30. The third-order valence-electron chi connectivity index (χ3n) is 13.5. The van der Waals surface area contributed by atoms with Crippen LogP contribution in [0.2, 0.25) is 0 Å². The number of esters is 3. The molecule has 0 saturated heterocycles. The van der Waals surface area contributed by atoms with Crippen molar-refractivity contribution in [3.63, 3.8) is 0 Å². The lowest BCUT2D eigenvalue weighted by atomic mass is 10.0. The predicted octanol–water partition coefficient (Wildman–Crippen LogP) is 21.8. The second-order valence-electron chi connectivity index (χ2n) is 20.9. The van der Waals surface area contributed by atoms with Crippen molar-refractivity contribution in [2.45, 2.75) is 303 Å². The van der Waals surface area contributed by atoms with E-state index in [9.17, 15) is 14.4 Å². The Hall–Kier alpha value is -3.93. The van der Waals surface area contributed by atoms with Gasteiger partial charge in [-0.15, -0.1) is 0 Å². The topological polar surface area (TPSA) is 78.9 Å². The standard InChI is InChI=1S/C70H118O6/c1-4-7-10-13-16-19-22-25-28-30-32-34-36-37-39-42-45-48-51-54-57-60-63-69(72)75-66-67(65-74-68(71)62-59-56-53-50-47-44-41-27-24-21-18-15-12-9-6-3)76-70(73)64-61-58-55-52-49-46-43-40-38-35-33-31-29-26-23-20-17-14-11-8-5-2/h8-9,11-12,17-18,20-21,26-27,29,33,35,40-41,43,47,50,67H,4-7,10,13-16,19,22-25,28,30-32,34,36-39,42,44-46,48-49,51-66H2,1-3H3/b11-8-,12-9-,20-17-,21-18-,29-26-,35-33-,41-27-,43-40-,50-47-. The molecule has 0 aliphatic heterocycles. The van der Waals surface area contributed by atoms with Crippen LogP contribution in [0.4, 0.5) is 0 Å². The van der Waals surface area contributed by atoms with Gasteiger partial charge in [0, 0.05) is 19.3 Å². The van der Waals surface area contributed by atoms with Crippen LogP contribution in [0.15, 0.2) is 109 Å². The van der Waals surface area contributed by atoms with E-state index in [1.165, 1.54) is 122 Å². The SMILES string of the molecule is CC/C=C\C/C=C\C/C=C\C/C=C\C/C=C\CCCCCCCC(=O)OC(COC(=O)CCCC/C=C\C/C=C\C/C=C\C/C=C\CC)COC(=O)CCCCCCCCCCCCCCCCCCCCCCCC. The minimum atomic E-state index is -0.808. The molecular formula is C70H118O6. The van der Waals surface area contributed by atoms with Crippen molar-refractivity contribution in [2.24, 2.45) is 0 Å². The molecule has 0 rings (SSSR count). The maximum absolute atomic E-state index is 12.9. The summed E-state index contributed by atoms with van der Waals surface area (Å²) < 4.78 is 16.9. The Morgan fingerprint density at radius 2 is 0.513 bits per heavy atom. The molecule has 1 unspecified atom stereocenters. The fourth-order valence-corrected chi connectivity index (χ4v) is 8.81. The molecule has 0 aliphatic rings. The fourth-order valence-electron chi connectivity index (χ4n) is 8.81. The monoisotopic (exact) mass is 1050 g/mol. The number of hydrogen-bond donors (Lipinski definition) is 0. The lowest BCUT2D eigenvalue weighted by molar-refractivity contribution is -0.167. The highest BCUT2D eigenvalue weighted by Crippen LogP contribution is 2.17. The molecule has 6 nitrogen and oxygen atoms in total. The summed E-state index contributed by atoms with van der Waals surface area (Å²) in [5, 5.41) is 0. The van der Waals surface area contributed by atoms with Crippen molar-refractivity contribution in [1.82, 2.24) is 0 Å². The molecular weight excluding hydrogens is 937 g/mol. The van der Waals surface area contributed by atoms with E-state index in [1.54, 1.807) is 0 Å². The number of carbonyl (C=O) groups excluding carboxylic acids is 3. The summed E-state index contributed by atoms with van der Waals surface area (Å²) in [5.41, 5.74) is 0. The Kier molecular flexibility index (Phi) is 60.3. The van der Waals surface area contributed by atoms with Gasteiger partial charge in [0.05, 0.1) is 0 Å². The van der Waals surface area contributed by atoms with E-state index in [1.807, 2.05) is 0 Å². The largest absolute Gasteiger partial charge is 0.462 e. The van der Waals surface area contributed by atoms with Crippen LogP contribution in [-0.4, -0.2) is 37.2 Å². The summed E-state index contributed by atoms with van der Waals surface area (Å²) in [4.78, 5) is 38.3. The highest BCUT2D eigenvalue weighted by molar-refractivity contribution is 5.71. The summed E-state index contributed by atoms with van der Waals surface area (Å²) in [6.45, 7) is 6.39. The Morgan fingerprint density at radius 1 is 0.276 bits per heavy atom. The Bertz CT molecular complexity index is 1540. The van der Waals surface area contributed by atoms with Crippen LogP contribution < -0.4 is 0 Å². The number of unbranched alkanes of at least 4 members (excludes halogenated alkanes) is 28. The summed E-state index contributed by atoms with van der Waals surface area (Å²) in [5.74, 6) is -0.953. The molecule has 0 N–H and O–H groups in total. The normalized spacial score (nSPS) is 12.8. The van der Waals surface area contributed by atoms with Gasteiger partial charge in [0.25, 0.3) is 0 Å². The Balaban J connectivity index is 4.42. The molecule has 76 heavy (non-hydrogen) atoms. The maximum atomic E-state index is 12.9. The van der Waals surface area contributed by atoms with E-state index >= 15 is 0 Å². The van der Waals surface area contributed by atoms with Gasteiger partial charge < -0.3 is 14.2 Å². The lowest BCUT2D eigenvalue weighted by Gasteiger charge is -2.18. The minimum absolute atomic E-state index is 0.0984. The number of ether oxygens (including phenoxy) is 3. The predicted molar refractivity (Wildman–Crippen MR) is 330 cm³/mol. The van der Waals surface area contributed by atoms with Gasteiger partial charge in [-0.3, -0.25) is 14.4 Å². The molecule has 0 aliphatic carbocycles. The average Bonchev–Trinajstić information content (AvgIpc) is 3.42. The molecule has 0 aromatic rings.